The molecule has 0 radical (unpaired) electrons. The number of anilines is 2. The van der Waals surface area contributed by atoms with Crippen molar-refractivity contribution < 1.29 is 37.0 Å². The number of nitrogens with one attached hydrogen (secondary N) is 2. The van der Waals surface area contributed by atoms with Crippen molar-refractivity contribution in [3.63, 3.8) is 0 Å². The van der Waals surface area contributed by atoms with Crippen LogP contribution in [0.3, 0.4) is 0 Å². The van der Waals surface area contributed by atoms with Gasteiger partial charge in [0.1, 0.15) is 22.7 Å². The van der Waals surface area contributed by atoms with Gasteiger partial charge in [-0.15, -0.1) is 0 Å². The van der Waals surface area contributed by atoms with Crippen molar-refractivity contribution in [3.8, 4) is 11.5 Å². The Kier molecular flexibility index (Phi) is 25.4. The molecule has 4 bridgehead atoms. The Balaban J connectivity index is 0.000000191. The van der Waals surface area contributed by atoms with Gasteiger partial charge in [0.05, 0.1) is 44.0 Å². The molecule has 6 heterocycles. The summed E-state index contributed by atoms with van der Waals surface area (Å²) in [5.74, 6) is 10.6. The maximum Gasteiger partial charge on any atom is 0.262 e. The fraction of sp³-hybridized carbons (Fsp3) is 0.636. The molecule has 10 aliphatic rings. The highest BCUT2D eigenvalue weighted by atomic mass is 35.5. The van der Waals surface area contributed by atoms with E-state index in [1.165, 1.54) is 35.1 Å². The SMILES string of the molecule is C=S1(=O)NC(=O)c2ccc3c(c2)N(C[C@@H]2CC[C@H]2[C@@](CN2CCC(N(C)C)CC2)(OCC)/C=C/C[C@H](C)[C@H]1C)C[C@@]1(CCCc2cc(Cl)ccc21)CO3.C=S1(=O)NC(=O)c2ccc3c(c2)N(C[C@@H]2CC[C@H]2[C@@](CN2CCN(C(CC)CC)CC2)(OCC)/C=C/C[C@H](C)[C@H]1C)C[C@@]1(CCCc2cc(Cl)ccc21)CO3. The maximum atomic E-state index is 14.1. The third-order valence-electron chi connectivity index (χ3n) is 27.7. The fourth-order valence-electron chi connectivity index (χ4n) is 20.6. The molecule has 2 saturated carbocycles. The van der Waals surface area contributed by atoms with Crippen molar-refractivity contribution >= 4 is 77.5 Å². The van der Waals surface area contributed by atoms with E-state index in [0.717, 1.165) is 201 Å². The number of ether oxygens (including phenoxy) is 4. The van der Waals surface area contributed by atoms with Crippen LogP contribution in [-0.4, -0.2) is 204 Å². The minimum atomic E-state index is -2.96. The molecule has 16 nitrogen and oxygen atoms in total. The van der Waals surface area contributed by atoms with Crippen molar-refractivity contribution in [1.29, 1.82) is 0 Å². The van der Waals surface area contributed by atoms with Gasteiger partial charge in [-0.05, 0) is 288 Å². The number of allylic oxidation sites excluding steroid dienone is 2. The van der Waals surface area contributed by atoms with Crippen LogP contribution in [0.5, 0.6) is 11.5 Å². The van der Waals surface area contributed by atoms with E-state index in [2.05, 4.69) is 155 Å². The summed E-state index contributed by atoms with van der Waals surface area (Å²) in [6.45, 7) is 30.8. The van der Waals surface area contributed by atoms with Crippen LogP contribution in [-0.2, 0) is 52.6 Å². The maximum absolute atomic E-state index is 14.1. The third kappa shape index (κ3) is 17.1. The summed E-state index contributed by atoms with van der Waals surface area (Å²) >= 11 is 13.1. The fourth-order valence-corrected chi connectivity index (χ4v) is 23.9. The van der Waals surface area contributed by atoms with Gasteiger partial charge in [0.15, 0.2) is 0 Å². The van der Waals surface area contributed by atoms with Crippen LogP contribution in [0.2, 0.25) is 10.0 Å². The van der Waals surface area contributed by atoms with Crippen molar-refractivity contribution in [1.82, 2.24) is 29.0 Å². The second kappa shape index (κ2) is 33.9. The Hall–Kier alpha value is -5.12. The molecule has 4 aliphatic carbocycles. The molecule has 4 aromatic carbocycles. The first-order chi connectivity index (χ1) is 51.7. The van der Waals surface area contributed by atoms with Gasteiger partial charge in [-0.2, -0.15) is 0 Å². The molecule has 2 unspecified atom stereocenters. The van der Waals surface area contributed by atoms with E-state index in [1.54, 1.807) is 6.07 Å². The number of aryl methyl sites for hydroxylation is 2. The standard InChI is InChI=1S/C45H65ClN4O4S.C43H61ClN4O4S/c1-7-38(8-2)49-24-22-48(23-25-49)30-45(54-9-3)21-10-12-32(4)33(5)55(6,52)47-43(51)35-15-19-42-41(27-35)50(28-36-14-17-40(36)45)29-44(31-53-42)20-11-13-34-26-37(46)16-18-39(34)44;1-7-52-43(28-47-22-18-36(19-23-47)46(4)5)21-8-10-30(2)31(3)53(6,50)45-41(49)33-13-17-40-39(25-33)48(26-34-12-15-38(34)43)27-42(29-51-40)20-9-11-32-24-35(44)14-16-37(32)42/h10,15-16,18-19,21,26-27,32-33,36,38,40H,6-9,11-14,17,20,22-25,28-31H2,1-5H3,(H,47,51,52);8,13-14,16-17,21,24-25,30-31,34,36,38H,6-7,9-12,15,18-20,22-23,26-29H2,1-5H3,(H,45,49,50)/b21-10+;21-8+/t32-,33+,36-,40+,44-,45+,55?;30-,31+,34-,38+,42-,43+,53?/m00/s1. The number of carbonyl (C=O) groups excluding carboxylic acids is 2. The van der Waals surface area contributed by atoms with Crippen LogP contribution in [0, 0.1) is 35.5 Å². The summed E-state index contributed by atoms with van der Waals surface area (Å²) in [5.41, 5.74) is 6.72. The Labute approximate surface area is 658 Å². The number of piperidine rings is 1. The van der Waals surface area contributed by atoms with Crippen molar-refractivity contribution in [2.45, 2.75) is 203 Å². The van der Waals surface area contributed by atoms with E-state index in [9.17, 15) is 18.0 Å². The lowest BCUT2D eigenvalue weighted by Crippen LogP contribution is -2.60. The summed E-state index contributed by atoms with van der Waals surface area (Å²) < 4.78 is 61.6. The molecular weight excluding hydrogens is 1430 g/mol. The Morgan fingerprint density at radius 2 is 1.02 bits per heavy atom. The molecule has 108 heavy (non-hydrogen) atoms. The van der Waals surface area contributed by atoms with Gasteiger partial charge in [0, 0.05) is 133 Å². The van der Waals surface area contributed by atoms with Crippen LogP contribution in [0.1, 0.15) is 188 Å². The highest BCUT2D eigenvalue weighted by molar-refractivity contribution is 7.99. The first-order valence-corrected chi connectivity index (χ1v) is 45.5. The van der Waals surface area contributed by atoms with Crippen molar-refractivity contribution in [2.24, 2.45) is 35.5 Å². The average Bonchev–Trinajstić information content (AvgIpc) is 1.14. The molecule has 2 spiro atoms. The molecule has 14 rings (SSSR count). The first kappa shape index (κ1) is 80.9. The summed E-state index contributed by atoms with van der Waals surface area (Å²) in [4.78, 5) is 43.1. The monoisotopic (exact) mass is 1560 g/mol. The second-order valence-electron chi connectivity index (χ2n) is 34.4. The van der Waals surface area contributed by atoms with Crippen LogP contribution in [0.25, 0.3) is 0 Å². The number of amides is 2. The van der Waals surface area contributed by atoms with Gasteiger partial charge >= 0.3 is 0 Å². The van der Waals surface area contributed by atoms with Crippen molar-refractivity contribution in [2.75, 3.05) is 129 Å². The molecule has 0 aromatic heterocycles. The zero-order valence-electron chi connectivity index (χ0n) is 66.6. The van der Waals surface area contributed by atoms with E-state index >= 15 is 0 Å². The number of halogens is 2. The number of likely N-dealkylation sites (tertiary alicyclic amines) is 1. The number of nitrogens with zero attached hydrogens (tertiary/aromatic N) is 6. The molecule has 6 aliphatic heterocycles. The molecule has 4 fully saturated rings. The summed E-state index contributed by atoms with van der Waals surface area (Å²) in [6.07, 6.45) is 26.1. The van der Waals surface area contributed by atoms with Gasteiger partial charge in [0.2, 0.25) is 0 Å². The summed E-state index contributed by atoms with van der Waals surface area (Å²) in [7, 11) is -1.51. The molecule has 2 amide bonds. The lowest BCUT2D eigenvalue weighted by Gasteiger charge is -2.53. The number of hydrogen-bond donors (Lipinski definition) is 2. The molecular formula is C88H126Cl2N8O8S2. The molecule has 592 valence electrons. The molecule has 20 heteroatoms. The van der Waals surface area contributed by atoms with Crippen molar-refractivity contribution in [3.05, 3.63) is 141 Å². The number of piperazine rings is 1. The Bertz CT molecular complexity index is 4140. The summed E-state index contributed by atoms with van der Waals surface area (Å²) in [5, 5.41) is 0.890. The zero-order chi connectivity index (χ0) is 76.5. The number of hydrogen-bond acceptors (Lipinski definition) is 14. The van der Waals surface area contributed by atoms with E-state index in [-0.39, 0.29) is 45.0 Å². The van der Waals surface area contributed by atoms with Gasteiger partial charge < -0.3 is 38.5 Å². The smallest absolute Gasteiger partial charge is 0.262 e. The topological polar surface area (TPSA) is 149 Å². The van der Waals surface area contributed by atoms with Crippen LogP contribution >= 0.6 is 23.2 Å². The molecule has 4 aromatic rings. The van der Waals surface area contributed by atoms with Gasteiger partial charge in [-0.3, -0.25) is 28.8 Å². The minimum Gasteiger partial charge on any atom is -0.490 e. The second-order valence-corrected chi connectivity index (χ2v) is 40.1. The lowest BCUT2D eigenvalue weighted by atomic mass is 9.63. The number of fused-ring (bicyclic) bond motifs is 8. The lowest BCUT2D eigenvalue weighted by molar-refractivity contribution is -0.113. The Morgan fingerprint density at radius 1 is 0.583 bits per heavy atom. The quantitative estimate of drug-likeness (QED) is 0.102. The van der Waals surface area contributed by atoms with Crippen LogP contribution in [0.15, 0.2) is 97.1 Å². The molecule has 2 saturated heterocycles. The van der Waals surface area contributed by atoms with Crippen LogP contribution in [0.4, 0.5) is 11.4 Å². The van der Waals surface area contributed by atoms with Gasteiger partial charge in [-0.25, -0.2) is 8.42 Å². The van der Waals surface area contributed by atoms with Gasteiger partial charge in [-0.1, -0.05) is 87.3 Å². The summed E-state index contributed by atoms with van der Waals surface area (Å²) in [6, 6.07) is 25.4. The first-order valence-electron chi connectivity index (χ1n) is 41.2. The minimum absolute atomic E-state index is 0.0370. The highest BCUT2D eigenvalue weighted by Crippen LogP contribution is 2.53. The van der Waals surface area contributed by atoms with Gasteiger partial charge in [0.25, 0.3) is 11.8 Å². The zero-order valence-corrected chi connectivity index (χ0v) is 69.7. The van der Waals surface area contributed by atoms with E-state index in [4.69, 9.17) is 42.1 Å². The number of carbonyl (C=O) groups is 2. The van der Waals surface area contributed by atoms with Crippen LogP contribution < -0.4 is 28.7 Å². The number of rotatable bonds is 12. The van der Waals surface area contributed by atoms with E-state index < -0.39 is 30.6 Å². The molecule has 2 N–H and O–H groups in total. The largest absolute Gasteiger partial charge is 0.490 e. The normalized spacial score (nSPS) is 34.3. The molecule has 14 atom stereocenters. The number of benzene rings is 4. The van der Waals surface area contributed by atoms with E-state index in [1.807, 2.05) is 56.3 Å². The average molecular weight is 1560 g/mol. The highest BCUT2D eigenvalue weighted by Gasteiger charge is 2.53. The van der Waals surface area contributed by atoms with E-state index in [0.29, 0.717) is 73.3 Å². The third-order valence-corrected chi connectivity index (χ3v) is 32.5. The Morgan fingerprint density at radius 3 is 1.42 bits per heavy atom. The predicted octanol–water partition coefficient (Wildman–Crippen LogP) is 14.8. The predicted molar refractivity (Wildman–Crippen MR) is 447 cm³/mol.